The van der Waals surface area contributed by atoms with Crippen molar-refractivity contribution in [3.63, 3.8) is 0 Å². The highest BCUT2D eigenvalue weighted by Gasteiger charge is 2.22. The van der Waals surface area contributed by atoms with E-state index in [0.717, 1.165) is 0 Å². The number of aryl methyl sites for hydroxylation is 1. The molecule has 0 saturated carbocycles. The number of carbonyl (C=O) groups excluding carboxylic acids is 1. The number of amides is 1. The van der Waals surface area contributed by atoms with Crippen molar-refractivity contribution in [2.45, 2.75) is 25.3 Å². The average Bonchev–Trinajstić information content (AvgIpc) is 3.22. The van der Waals surface area contributed by atoms with Gasteiger partial charge in [0, 0.05) is 18.8 Å². The minimum Gasteiger partial charge on any atom is -0.506 e. The molecule has 0 unspecified atom stereocenters. The highest BCUT2D eigenvalue weighted by molar-refractivity contribution is 7.91. The fourth-order valence-corrected chi connectivity index (χ4v) is 4.27. The lowest BCUT2D eigenvalue weighted by Gasteiger charge is -2.13. The molecular weight excluding hydrogens is 424 g/mol. The van der Waals surface area contributed by atoms with Gasteiger partial charge in [0.1, 0.15) is 11.3 Å². The predicted octanol–water partition coefficient (Wildman–Crippen LogP) is 2.50. The molecule has 1 amide bonds. The van der Waals surface area contributed by atoms with E-state index in [9.17, 15) is 23.1 Å². The third-order valence-electron chi connectivity index (χ3n) is 5.12. The van der Waals surface area contributed by atoms with E-state index in [1.54, 1.807) is 10.6 Å². The molecule has 2 heterocycles. The molecule has 2 aromatic carbocycles. The van der Waals surface area contributed by atoms with Crippen LogP contribution in [0, 0.1) is 0 Å². The third-order valence-corrected chi connectivity index (χ3v) is 6.85. The first-order valence-electron chi connectivity index (χ1n) is 9.59. The number of phenolic OH excluding ortho intramolecular Hbond substituents is 1. The summed E-state index contributed by atoms with van der Waals surface area (Å²) in [5, 5.41) is 12.8. The van der Waals surface area contributed by atoms with Crippen LogP contribution in [0.3, 0.4) is 0 Å². The number of pyridine rings is 1. The topological polar surface area (TPSA) is 124 Å². The van der Waals surface area contributed by atoms with E-state index in [4.69, 9.17) is 9.47 Å². The third kappa shape index (κ3) is 3.59. The van der Waals surface area contributed by atoms with Crippen molar-refractivity contribution in [3.05, 3.63) is 52.3 Å². The standard InChI is InChI=1S/C21H20N2O7S/c1-3-23-10-14(20(25)13-8-18-19(9-16(13)23)30-11-29-18)21(26)22-15-7-12(5-6-17(15)24)31(27,28)4-2/h5-10,24H,3-4,11H2,1-2H3,(H,22,26). The molecule has 0 aliphatic carbocycles. The second-order valence-corrected chi connectivity index (χ2v) is 9.20. The number of rotatable bonds is 5. The molecule has 4 rings (SSSR count). The van der Waals surface area contributed by atoms with E-state index in [0.29, 0.717) is 23.6 Å². The van der Waals surface area contributed by atoms with Crippen LogP contribution in [0.15, 0.2) is 46.2 Å². The number of phenols is 1. The van der Waals surface area contributed by atoms with Crippen molar-refractivity contribution < 1.29 is 27.8 Å². The molecule has 0 saturated heterocycles. The maximum Gasteiger partial charge on any atom is 0.261 e. The molecule has 10 heteroatoms. The Bertz CT molecular complexity index is 1380. The Kier molecular flexibility index (Phi) is 5.10. The van der Waals surface area contributed by atoms with Gasteiger partial charge in [-0.05, 0) is 31.2 Å². The largest absolute Gasteiger partial charge is 0.506 e. The SMILES string of the molecule is CCn1cc(C(=O)Nc2cc(S(=O)(=O)CC)ccc2O)c(=O)c2cc3c(cc21)OCO3. The van der Waals surface area contributed by atoms with Crippen LogP contribution < -0.4 is 20.2 Å². The average molecular weight is 444 g/mol. The number of hydrogen-bond donors (Lipinski definition) is 2. The molecule has 1 aliphatic heterocycles. The first-order chi connectivity index (χ1) is 14.7. The summed E-state index contributed by atoms with van der Waals surface area (Å²) in [4.78, 5) is 25.9. The molecule has 0 bridgehead atoms. The van der Waals surface area contributed by atoms with Crippen molar-refractivity contribution in [2.24, 2.45) is 0 Å². The van der Waals surface area contributed by atoms with E-state index in [-0.39, 0.29) is 39.8 Å². The van der Waals surface area contributed by atoms with Crippen LogP contribution in [-0.4, -0.2) is 36.5 Å². The van der Waals surface area contributed by atoms with Gasteiger partial charge in [0.2, 0.25) is 12.2 Å². The van der Waals surface area contributed by atoms with E-state index in [2.05, 4.69) is 5.32 Å². The second kappa shape index (κ2) is 7.62. The number of carbonyl (C=O) groups is 1. The smallest absolute Gasteiger partial charge is 0.261 e. The van der Waals surface area contributed by atoms with Crippen LogP contribution in [0.2, 0.25) is 0 Å². The Labute approximate surface area is 177 Å². The number of benzene rings is 2. The van der Waals surface area contributed by atoms with Crippen molar-refractivity contribution in [1.29, 1.82) is 0 Å². The van der Waals surface area contributed by atoms with Crippen molar-refractivity contribution in [1.82, 2.24) is 4.57 Å². The number of fused-ring (bicyclic) bond motifs is 2. The molecule has 0 spiro atoms. The maximum absolute atomic E-state index is 13.1. The Morgan fingerprint density at radius 3 is 2.55 bits per heavy atom. The Morgan fingerprint density at radius 2 is 1.87 bits per heavy atom. The van der Waals surface area contributed by atoms with Crippen LogP contribution in [0.4, 0.5) is 5.69 Å². The van der Waals surface area contributed by atoms with E-state index in [1.807, 2.05) is 6.92 Å². The van der Waals surface area contributed by atoms with Crippen LogP contribution >= 0.6 is 0 Å². The van der Waals surface area contributed by atoms with Crippen molar-refractivity contribution >= 4 is 32.3 Å². The molecule has 162 valence electrons. The lowest BCUT2D eigenvalue weighted by molar-refractivity contribution is 0.102. The summed E-state index contributed by atoms with van der Waals surface area (Å²) in [6.07, 6.45) is 1.42. The fourth-order valence-electron chi connectivity index (χ4n) is 3.37. The summed E-state index contributed by atoms with van der Waals surface area (Å²) in [7, 11) is -3.55. The number of ether oxygens (including phenoxy) is 2. The first-order valence-corrected chi connectivity index (χ1v) is 11.2. The number of aromatic hydroxyl groups is 1. The van der Waals surface area contributed by atoms with Gasteiger partial charge >= 0.3 is 0 Å². The number of aromatic nitrogens is 1. The zero-order valence-corrected chi connectivity index (χ0v) is 17.7. The van der Waals surface area contributed by atoms with E-state index < -0.39 is 21.2 Å². The number of nitrogens with zero attached hydrogens (tertiary/aromatic N) is 1. The quantitative estimate of drug-likeness (QED) is 0.580. The molecule has 0 fully saturated rings. The number of anilines is 1. The molecule has 9 nitrogen and oxygen atoms in total. The number of sulfone groups is 1. The van der Waals surface area contributed by atoms with Gasteiger partial charge in [0.05, 0.1) is 27.2 Å². The van der Waals surface area contributed by atoms with Gasteiger partial charge in [-0.3, -0.25) is 9.59 Å². The predicted molar refractivity (Wildman–Crippen MR) is 114 cm³/mol. The fraction of sp³-hybridized carbons (Fsp3) is 0.238. The number of nitrogens with one attached hydrogen (secondary N) is 1. The lowest BCUT2D eigenvalue weighted by atomic mass is 10.1. The Balaban J connectivity index is 1.79. The summed E-state index contributed by atoms with van der Waals surface area (Å²) in [5.41, 5.74) is -0.191. The zero-order valence-electron chi connectivity index (χ0n) is 16.8. The van der Waals surface area contributed by atoms with Gasteiger partial charge in [-0.25, -0.2) is 8.42 Å². The van der Waals surface area contributed by atoms with Gasteiger partial charge < -0.3 is 24.5 Å². The molecule has 2 N–H and O–H groups in total. The molecule has 1 aliphatic rings. The Hall–Kier alpha value is -3.53. The molecule has 31 heavy (non-hydrogen) atoms. The second-order valence-electron chi connectivity index (χ2n) is 6.92. The first kappa shape index (κ1) is 20.7. The Morgan fingerprint density at radius 1 is 1.16 bits per heavy atom. The summed E-state index contributed by atoms with van der Waals surface area (Å²) in [6, 6.07) is 6.84. The van der Waals surface area contributed by atoms with Gasteiger partial charge in [-0.2, -0.15) is 0 Å². The highest BCUT2D eigenvalue weighted by Crippen LogP contribution is 2.35. The van der Waals surface area contributed by atoms with E-state index >= 15 is 0 Å². The molecule has 0 radical (unpaired) electrons. The zero-order chi connectivity index (χ0) is 22.3. The summed E-state index contributed by atoms with van der Waals surface area (Å²) >= 11 is 0. The monoisotopic (exact) mass is 444 g/mol. The van der Waals surface area contributed by atoms with E-state index in [1.165, 1.54) is 37.4 Å². The molecule has 0 atom stereocenters. The van der Waals surface area contributed by atoms with Gasteiger partial charge in [0.25, 0.3) is 5.91 Å². The highest BCUT2D eigenvalue weighted by atomic mass is 32.2. The van der Waals surface area contributed by atoms with Gasteiger partial charge in [-0.15, -0.1) is 0 Å². The number of hydrogen-bond acceptors (Lipinski definition) is 7. The van der Waals surface area contributed by atoms with Gasteiger partial charge in [-0.1, -0.05) is 6.92 Å². The summed E-state index contributed by atoms with van der Waals surface area (Å²) < 4.78 is 36.7. The van der Waals surface area contributed by atoms with Gasteiger partial charge in [0.15, 0.2) is 21.3 Å². The van der Waals surface area contributed by atoms with Crippen LogP contribution in [0.1, 0.15) is 24.2 Å². The van der Waals surface area contributed by atoms with Crippen molar-refractivity contribution in [3.8, 4) is 17.2 Å². The molecular formula is C21H20N2O7S. The normalized spacial score (nSPS) is 12.8. The summed E-state index contributed by atoms with van der Waals surface area (Å²) in [6.45, 7) is 3.89. The van der Waals surface area contributed by atoms with Crippen LogP contribution in [-0.2, 0) is 16.4 Å². The van der Waals surface area contributed by atoms with Crippen molar-refractivity contribution in [2.75, 3.05) is 17.9 Å². The lowest BCUT2D eigenvalue weighted by Crippen LogP contribution is -2.24. The molecule has 1 aromatic heterocycles. The minimum absolute atomic E-state index is 0.0414. The minimum atomic E-state index is -3.55. The maximum atomic E-state index is 13.1. The summed E-state index contributed by atoms with van der Waals surface area (Å²) in [5.74, 6) is -0.283. The molecule has 3 aromatic rings. The van der Waals surface area contributed by atoms with Crippen LogP contribution in [0.25, 0.3) is 10.9 Å². The van der Waals surface area contributed by atoms with Crippen LogP contribution in [0.5, 0.6) is 17.2 Å².